The number of amides is 2. The van der Waals surface area contributed by atoms with E-state index in [4.69, 9.17) is 0 Å². The van der Waals surface area contributed by atoms with Gasteiger partial charge in [0.1, 0.15) is 5.82 Å². The number of rotatable bonds is 6. The van der Waals surface area contributed by atoms with Crippen LogP contribution < -0.4 is 10.6 Å². The summed E-state index contributed by atoms with van der Waals surface area (Å²) in [6, 6.07) is 6.08. The Balaban J connectivity index is 1.39. The van der Waals surface area contributed by atoms with Gasteiger partial charge in [-0.1, -0.05) is 25.3 Å². The molecule has 0 spiro atoms. The second kappa shape index (κ2) is 9.98. The highest BCUT2D eigenvalue weighted by Gasteiger charge is 2.27. The van der Waals surface area contributed by atoms with Gasteiger partial charge < -0.3 is 10.6 Å². The number of anilines is 1. The number of halogens is 1. The predicted octanol–water partition coefficient (Wildman–Crippen LogP) is 2.22. The summed E-state index contributed by atoms with van der Waals surface area (Å²) in [4.78, 5) is 29.0. The molecule has 1 aliphatic heterocycles. The third kappa shape index (κ3) is 6.01. The van der Waals surface area contributed by atoms with Gasteiger partial charge in [-0.15, -0.1) is 0 Å². The molecular weight excluding hydrogens is 359 g/mol. The lowest BCUT2D eigenvalue weighted by molar-refractivity contribution is -0.128. The van der Waals surface area contributed by atoms with Gasteiger partial charge in [-0.2, -0.15) is 0 Å². The molecule has 2 fully saturated rings. The quantitative estimate of drug-likeness (QED) is 0.782. The predicted molar refractivity (Wildman–Crippen MR) is 108 cm³/mol. The van der Waals surface area contributed by atoms with E-state index in [9.17, 15) is 14.0 Å². The monoisotopic (exact) mass is 390 g/mol. The number of carbonyl (C=O) groups is 2. The van der Waals surface area contributed by atoms with Crippen LogP contribution in [0.15, 0.2) is 24.3 Å². The molecule has 0 unspecified atom stereocenters. The van der Waals surface area contributed by atoms with Crippen molar-refractivity contribution in [2.45, 2.75) is 51.1 Å². The maximum atomic E-state index is 13.2. The van der Waals surface area contributed by atoms with Gasteiger partial charge in [-0.25, -0.2) is 4.39 Å². The minimum absolute atomic E-state index is 0.115. The summed E-state index contributed by atoms with van der Waals surface area (Å²) in [5, 5.41) is 5.93. The van der Waals surface area contributed by atoms with E-state index in [1.54, 1.807) is 12.1 Å². The van der Waals surface area contributed by atoms with E-state index >= 15 is 0 Å². The molecule has 2 N–H and O–H groups in total. The standard InChI is InChI=1S/C21H31FN4O2/c1-16(21(28)24-18-7-3-2-4-8-18)26-12-10-25(11-13-26)15-20(27)23-19-9-5-6-17(22)14-19/h5-6,9,14,16,18H,2-4,7-8,10-13,15H2,1H3,(H,23,27)(H,24,28)/t16-/m0/s1. The first kappa shape index (κ1) is 20.7. The van der Waals surface area contributed by atoms with E-state index in [-0.39, 0.29) is 30.2 Å². The first-order valence-electron chi connectivity index (χ1n) is 10.3. The zero-order valence-electron chi connectivity index (χ0n) is 16.6. The number of hydrogen-bond donors (Lipinski definition) is 2. The van der Waals surface area contributed by atoms with Gasteiger partial charge in [0.25, 0.3) is 0 Å². The minimum Gasteiger partial charge on any atom is -0.352 e. The summed E-state index contributed by atoms with van der Waals surface area (Å²) < 4.78 is 13.2. The van der Waals surface area contributed by atoms with Crippen LogP contribution in [-0.4, -0.2) is 66.4 Å². The van der Waals surface area contributed by atoms with Crippen LogP contribution in [0.1, 0.15) is 39.0 Å². The average molecular weight is 391 g/mol. The van der Waals surface area contributed by atoms with Crippen molar-refractivity contribution >= 4 is 17.5 Å². The van der Waals surface area contributed by atoms with Crippen molar-refractivity contribution < 1.29 is 14.0 Å². The summed E-state index contributed by atoms with van der Waals surface area (Å²) in [5.74, 6) is -0.404. The van der Waals surface area contributed by atoms with Crippen LogP contribution in [0.2, 0.25) is 0 Å². The first-order chi connectivity index (χ1) is 13.5. The third-order valence-electron chi connectivity index (χ3n) is 5.76. The highest BCUT2D eigenvalue weighted by atomic mass is 19.1. The fourth-order valence-electron chi connectivity index (χ4n) is 4.01. The number of hydrogen-bond acceptors (Lipinski definition) is 4. The Hall–Kier alpha value is -1.99. The Bertz CT molecular complexity index is 670. The van der Waals surface area contributed by atoms with Crippen molar-refractivity contribution in [3.05, 3.63) is 30.1 Å². The smallest absolute Gasteiger partial charge is 0.238 e. The molecule has 1 heterocycles. The Morgan fingerprint density at radius 3 is 2.54 bits per heavy atom. The largest absolute Gasteiger partial charge is 0.352 e. The molecule has 2 amide bonds. The second-order valence-corrected chi connectivity index (χ2v) is 7.89. The maximum absolute atomic E-state index is 13.2. The topological polar surface area (TPSA) is 64.7 Å². The SMILES string of the molecule is C[C@@H](C(=O)NC1CCCCC1)N1CCN(CC(=O)Nc2cccc(F)c2)CC1. The molecule has 7 heteroatoms. The fraction of sp³-hybridized carbons (Fsp3) is 0.619. The van der Waals surface area contributed by atoms with E-state index in [1.165, 1.54) is 31.4 Å². The van der Waals surface area contributed by atoms with Crippen LogP contribution in [-0.2, 0) is 9.59 Å². The summed E-state index contributed by atoms with van der Waals surface area (Å²) in [6.45, 7) is 5.21. The zero-order valence-corrected chi connectivity index (χ0v) is 16.6. The molecule has 1 aromatic rings. The lowest BCUT2D eigenvalue weighted by atomic mass is 9.95. The van der Waals surface area contributed by atoms with Crippen LogP contribution in [0.4, 0.5) is 10.1 Å². The molecule has 0 radical (unpaired) electrons. The van der Waals surface area contributed by atoms with Crippen molar-refractivity contribution in [1.82, 2.24) is 15.1 Å². The van der Waals surface area contributed by atoms with Crippen molar-refractivity contribution in [3.8, 4) is 0 Å². The summed E-state index contributed by atoms with van der Waals surface area (Å²) in [5.41, 5.74) is 0.469. The van der Waals surface area contributed by atoms with E-state index in [0.29, 0.717) is 11.7 Å². The Kier molecular flexibility index (Phi) is 7.39. The van der Waals surface area contributed by atoms with Crippen LogP contribution in [0.5, 0.6) is 0 Å². The molecule has 0 aromatic heterocycles. The molecule has 1 aromatic carbocycles. The molecule has 154 valence electrons. The number of nitrogens with one attached hydrogen (secondary N) is 2. The normalized spacial score (nSPS) is 20.5. The minimum atomic E-state index is -0.369. The van der Waals surface area contributed by atoms with Crippen LogP contribution in [0.3, 0.4) is 0 Å². The Morgan fingerprint density at radius 2 is 1.86 bits per heavy atom. The van der Waals surface area contributed by atoms with Gasteiger partial charge in [0.05, 0.1) is 12.6 Å². The van der Waals surface area contributed by atoms with Gasteiger partial charge in [0, 0.05) is 37.9 Å². The molecule has 1 atom stereocenters. The zero-order chi connectivity index (χ0) is 19.9. The van der Waals surface area contributed by atoms with E-state index in [1.807, 2.05) is 6.92 Å². The van der Waals surface area contributed by atoms with Crippen LogP contribution >= 0.6 is 0 Å². The van der Waals surface area contributed by atoms with Crippen LogP contribution in [0.25, 0.3) is 0 Å². The van der Waals surface area contributed by atoms with E-state index in [2.05, 4.69) is 20.4 Å². The number of benzene rings is 1. The molecule has 1 aliphatic carbocycles. The van der Waals surface area contributed by atoms with Gasteiger partial charge >= 0.3 is 0 Å². The Morgan fingerprint density at radius 1 is 1.14 bits per heavy atom. The van der Waals surface area contributed by atoms with Gasteiger partial charge in [0.15, 0.2) is 0 Å². The number of piperazine rings is 1. The van der Waals surface area contributed by atoms with Crippen molar-refractivity contribution in [3.63, 3.8) is 0 Å². The highest BCUT2D eigenvalue weighted by molar-refractivity contribution is 5.92. The van der Waals surface area contributed by atoms with Gasteiger partial charge in [0.2, 0.25) is 11.8 Å². The van der Waals surface area contributed by atoms with E-state index in [0.717, 1.165) is 39.0 Å². The highest BCUT2D eigenvalue weighted by Crippen LogP contribution is 2.18. The Labute approximate surface area is 166 Å². The molecule has 2 aliphatic rings. The van der Waals surface area contributed by atoms with E-state index < -0.39 is 0 Å². The van der Waals surface area contributed by atoms with Crippen molar-refractivity contribution in [1.29, 1.82) is 0 Å². The van der Waals surface area contributed by atoms with Crippen LogP contribution in [0, 0.1) is 5.82 Å². The van der Waals surface area contributed by atoms with Crippen molar-refractivity contribution in [2.24, 2.45) is 0 Å². The average Bonchev–Trinajstić information content (AvgIpc) is 2.68. The van der Waals surface area contributed by atoms with Gasteiger partial charge in [-0.3, -0.25) is 19.4 Å². The molecule has 28 heavy (non-hydrogen) atoms. The molecular formula is C21H31FN4O2. The van der Waals surface area contributed by atoms with Crippen molar-refractivity contribution in [2.75, 3.05) is 38.0 Å². The maximum Gasteiger partial charge on any atom is 0.238 e. The van der Waals surface area contributed by atoms with Gasteiger partial charge in [-0.05, 0) is 38.0 Å². The lowest BCUT2D eigenvalue weighted by Gasteiger charge is -2.37. The molecule has 6 nitrogen and oxygen atoms in total. The summed E-state index contributed by atoms with van der Waals surface area (Å²) in [7, 11) is 0. The molecule has 0 bridgehead atoms. The molecule has 1 saturated heterocycles. The first-order valence-corrected chi connectivity index (χ1v) is 10.3. The third-order valence-corrected chi connectivity index (χ3v) is 5.76. The number of nitrogens with zero attached hydrogens (tertiary/aromatic N) is 2. The summed E-state index contributed by atoms with van der Waals surface area (Å²) in [6.07, 6.45) is 5.86. The lowest BCUT2D eigenvalue weighted by Crippen LogP contribution is -2.55. The summed E-state index contributed by atoms with van der Waals surface area (Å²) >= 11 is 0. The number of carbonyl (C=O) groups excluding carboxylic acids is 2. The fourth-order valence-corrected chi connectivity index (χ4v) is 4.01. The molecule has 1 saturated carbocycles. The second-order valence-electron chi connectivity index (χ2n) is 7.89. The molecule has 3 rings (SSSR count).